The number of carbonyl (C=O) groups is 1. The summed E-state index contributed by atoms with van der Waals surface area (Å²) in [6.07, 6.45) is -1.83. The van der Waals surface area contributed by atoms with Gasteiger partial charge in [0.05, 0.1) is 0 Å². The van der Waals surface area contributed by atoms with E-state index in [1.807, 2.05) is 0 Å². The molecule has 0 aromatic rings. The van der Waals surface area contributed by atoms with Gasteiger partial charge in [0.15, 0.2) is 0 Å². The summed E-state index contributed by atoms with van der Waals surface area (Å²) >= 11 is 0. The van der Waals surface area contributed by atoms with Gasteiger partial charge in [0.25, 0.3) is 0 Å². The van der Waals surface area contributed by atoms with Crippen LogP contribution in [0.25, 0.3) is 0 Å². The van der Waals surface area contributed by atoms with E-state index >= 15 is 0 Å². The van der Waals surface area contributed by atoms with E-state index in [1.54, 1.807) is 0 Å². The second kappa shape index (κ2) is 15.8. The van der Waals surface area contributed by atoms with Crippen molar-refractivity contribution < 1.29 is 40.2 Å². The number of rotatable bonds is 0. The predicted molar refractivity (Wildman–Crippen MR) is 26.6 cm³/mol. The Morgan fingerprint density at radius 2 is 1.29 bits per heavy atom. The molecule has 0 spiro atoms. The van der Waals surface area contributed by atoms with E-state index < -0.39 is 6.16 Å². The molecule has 0 saturated heterocycles. The average molecular weight is 212 g/mol. The predicted octanol–water partition coefficient (Wildman–Crippen LogP) is -0.0917. The van der Waals surface area contributed by atoms with Crippen LogP contribution >= 0.6 is 0 Å². The SMILES string of the molecule is O=C(O)O.[Ca+2].[Ca+2].[H-].[H-].[H-].[H-].[Zn]. The molecule has 7 heavy (non-hydrogen) atoms. The maximum Gasteiger partial charge on any atom is 2.00 e. The van der Waals surface area contributed by atoms with Gasteiger partial charge >= 0.3 is 81.6 Å². The molecule has 0 aliphatic carbocycles. The van der Waals surface area contributed by atoms with E-state index in [-0.39, 0.29) is 101 Å². The van der Waals surface area contributed by atoms with E-state index in [2.05, 4.69) is 0 Å². The molecule has 0 atom stereocenters. The van der Waals surface area contributed by atoms with Crippen LogP contribution in [0.15, 0.2) is 0 Å². The number of carboxylic acid groups (broad SMARTS) is 2. The van der Waals surface area contributed by atoms with Crippen molar-refractivity contribution >= 4 is 81.6 Å². The summed E-state index contributed by atoms with van der Waals surface area (Å²) in [5, 5.41) is 13.9. The Morgan fingerprint density at radius 1 is 1.29 bits per heavy atom. The summed E-state index contributed by atoms with van der Waals surface area (Å²) in [4.78, 5) is 8.56. The molecule has 0 aromatic carbocycles. The van der Waals surface area contributed by atoms with Crippen molar-refractivity contribution in [2.45, 2.75) is 0 Å². The molecule has 2 N–H and O–H groups in total. The van der Waals surface area contributed by atoms with Crippen molar-refractivity contribution in [3.63, 3.8) is 0 Å². The van der Waals surface area contributed by atoms with Gasteiger partial charge in [-0.1, -0.05) is 0 Å². The minimum absolute atomic E-state index is 0. The first-order valence-electron chi connectivity index (χ1n) is 0.651. The summed E-state index contributed by atoms with van der Waals surface area (Å²) in [5.41, 5.74) is 0. The fourth-order valence-corrected chi connectivity index (χ4v) is 0. The molecule has 34 valence electrons. The Labute approximate surface area is 120 Å². The third kappa shape index (κ3) is 59.4. The molecule has 6 heteroatoms. The van der Waals surface area contributed by atoms with Crippen molar-refractivity contribution in [1.82, 2.24) is 0 Å². The van der Waals surface area contributed by atoms with Crippen LogP contribution in [-0.4, -0.2) is 91.8 Å². The van der Waals surface area contributed by atoms with E-state index in [4.69, 9.17) is 15.0 Å². The first-order chi connectivity index (χ1) is 1.73. The van der Waals surface area contributed by atoms with Crippen LogP contribution in [0, 0.1) is 0 Å². The average Bonchev–Trinajstić information content (AvgIpc) is 0.811. The second-order valence-electron chi connectivity index (χ2n) is 0.283. The van der Waals surface area contributed by atoms with Crippen molar-refractivity contribution in [2.75, 3.05) is 0 Å². The Hall–Kier alpha value is 2.41. The Bertz CT molecular complexity index is 46.3. The third-order valence-corrected chi connectivity index (χ3v) is 0. The Kier molecular flexibility index (Phi) is 51.3. The molecule has 0 saturated carbocycles. The minimum Gasteiger partial charge on any atom is -1.00 e. The fraction of sp³-hybridized carbons (Fsp3) is 0. The van der Waals surface area contributed by atoms with Crippen LogP contribution in [0.3, 0.4) is 0 Å². The van der Waals surface area contributed by atoms with Crippen LogP contribution in [-0.2, 0) is 19.5 Å². The molecule has 0 fully saturated rings. The molecule has 0 rings (SSSR count). The Morgan fingerprint density at radius 3 is 1.29 bits per heavy atom. The van der Waals surface area contributed by atoms with Gasteiger partial charge in [-0.3, -0.25) is 0 Å². The van der Waals surface area contributed by atoms with Crippen LogP contribution < -0.4 is 0 Å². The molecule has 0 aliphatic rings. The van der Waals surface area contributed by atoms with E-state index in [0.29, 0.717) is 0 Å². The second-order valence-corrected chi connectivity index (χ2v) is 0.283. The van der Waals surface area contributed by atoms with Gasteiger partial charge < -0.3 is 15.9 Å². The molecule has 0 amide bonds. The van der Waals surface area contributed by atoms with E-state index in [1.165, 1.54) is 0 Å². The largest absolute Gasteiger partial charge is 2.00 e. The smallest absolute Gasteiger partial charge is 1.00 e. The third-order valence-electron chi connectivity index (χ3n) is 0. The molecule has 0 heterocycles. The molecule has 0 aromatic heterocycles. The topological polar surface area (TPSA) is 57.5 Å². The van der Waals surface area contributed by atoms with Crippen molar-refractivity contribution in [2.24, 2.45) is 0 Å². The summed E-state index contributed by atoms with van der Waals surface area (Å²) in [7, 11) is 0. The quantitative estimate of drug-likeness (QED) is 0.551. The van der Waals surface area contributed by atoms with Crippen molar-refractivity contribution in [3.05, 3.63) is 0 Å². The zero-order valence-corrected chi connectivity index (χ0v) is 11.3. The minimum atomic E-state index is -1.83. The van der Waals surface area contributed by atoms with E-state index in [9.17, 15) is 0 Å². The molecular formula is CH6Ca2O3Zn. The van der Waals surface area contributed by atoms with Gasteiger partial charge in [-0.15, -0.1) is 0 Å². The zero-order chi connectivity index (χ0) is 3.58. The first kappa shape index (κ1) is 22.7. The van der Waals surface area contributed by atoms with Crippen LogP contribution in [0.5, 0.6) is 0 Å². The van der Waals surface area contributed by atoms with Gasteiger partial charge in [0.2, 0.25) is 0 Å². The summed E-state index contributed by atoms with van der Waals surface area (Å²) in [5.74, 6) is 0. The first-order valence-corrected chi connectivity index (χ1v) is 0.651. The Balaban J connectivity index is -0.00000000214. The van der Waals surface area contributed by atoms with Crippen LogP contribution in [0.4, 0.5) is 4.79 Å². The molecule has 0 bridgehead atoms. The molecule has 0 aliphatic heterocycles. The van der Waals surface area contributed by atoms with Gasteiger partial charge in [0.1, 0.15) is 0 Å². The fourth-order valence-electron chi connectivity index (χ4n) is 0. The zero-order valence-electron chi connectivity index (χ0n) is 7.92. The molecule has 0 unspecified atom stereocenters. The normalized spacial score (nSPS) is 3.43. The maximum absolute atomic E-state index is 8.56. The van der Waals surface area contributed by atoms with Gasteiger partial charge in [-0.25, -0.2) is 4.79 Å². The monoisotopic (exact) mass is 210 g/mol. The van der Waals surface area contributed by atoms with Gasteiger partial charge in [-0.2, -0.15) is 0 Å². The van der Waals surface area contributed by atoms with Crippen LogP contribution in [0.1, 0.15) is 5.71 Å². The molecular weight excluding hydrogens is 206 g/mol. The van der Waals surface area contributed by atoms with Crippen molar-refractivity contribution in [1.29, 1.82) is 0 Å². The number of hydrogen-bond donors (Lipinski definition) is 2. The van der Waals surface area contributed by atoms with Gasteiger partial charge in [-0.05, 0) is 0 Å². The van der Waals surface area contributed by atoms with Crippen LogP contribution in [0.2, 0.25) is 0 Å². The van der Waals surface area contributed by atoms with E-state index in [0.717, 1.165) is 0 Å². The summed E-state index contributed by atoms with van der Waals surface area (Å²) in [6.45, 7) is 0. The standard InChI is InChI=1S/CH2O3.2Ca.Zn.4H/c2-1(3)4;;;;;;;/h(H2,2,3,4);;;;;;;/q;2*+2;;4*-1. The maximum atomic E-state index is 8.56. The van der Waals surface area contributed by atoms with Gasteiger partial charge in [0, 0.05) is 19.5 Å². The molecule has 3 nitrogen and oxygen atoms in total. The molecule has 0 radical (unpaired) electrons. The number of hydrogen-bond acceptors (Lipinski definition) is 1. The summed E-state index contributed by atoms with van der Waals surface area (Å²) in [6, 6.07) is 0. The summed E-state index contributed by atoms with van der Waals surface area (Å²) < 4.78 is 0. The van der Waals surface area contributed by atoms with Crippen molar-refractivity contribution in [3.8, 4) is 0 Å².